The van der Waals surface area contributed by atoms with E-state index in [1.54, 1.807) is 0 Å². The Bertz CT molecular complexity index is 481. The molecule has 0 N–H and O–H groups in total. The molecule has 0 atom stereocenters. The van der Waals surface area contributed by atoms with E-state index in [2.05, 4.69) is 24.3 Å². The zero-order valence-electron chi connectivity index (χ0n) is 13.6. The van der Waals surface area contributed by atoms with Gasteiger partial charge in [-0.15, -0.1) is 0 Å². The monoisotopic (exact) mass is 552 g/mol. The fourth-order valence-corrected chi connectivity index (χ4v) is 2.58. The van der Waals surface area contributed by atoms with Crippen LogP contribution >= 0.6 is 0 Å². The third-order valence-electron chi connectivity index (χ3n) is 3.74. The predicted molar refractivity (Wildman–Crippen MR) is 84.4 cm³/mol. The fraction of sp³-hybridized carbons (Fsp3) is 0.316. The van der Waals surface area contributed by atoms with Gasteiger partial charge in [0.2, 0.25) is 0 Å². The average Bonchev–Trinajstić information content (AvgIpc) is 2.86. The molecule has 3 rings (SSSR count). The van der Waals surface area contributed by atoms with Gasteiger partial charge in [-0.25, -0.2) is 0 Å². The number of rotatable bonds is 0. The Kier molecular flexibility index (Phi) is 8.87. The van der Waals surface area contributed by atoms with Gasteiger partial charge in [0.15, 0.2) is 0 Å². The van der Waals surface area contributed by atoms with Gasteiger partial charge in [0, 0.05) is 31.9 Å². The van der Waals surface area contributed by atoms with Crippen molar-refractivity contribution in [1.82, 2.24) is 0 Å². The second-order valence-corrected chi connectivity index (χ2v) is 5.61. The molecule has 3 aliphatic rings. The topological polar surface area (TPSA) is 0 Å². The molecule has 3 aliphatic carbocycles. The molecule has 0 aromatic carbocycles. The van der Waals surface area contributed by atoms with Crippen molar-refractivity contribution in [1.29, 1.82) is 0 Å². The minimum Gasteiger partial charge on any atom is -0.170 e. The maximum absolute atomic E-state index is 12.6. The molecule has 0 aromatic rings. The Morgan fingerprint density at radius 2 is 0.885 bits per heavy atom. The summed E-state index contributed by atoms with van der Waals surface area (Å²) in [5, 5.41) is 0. The summed E-state index contributed by atoms with van der Waals surface area (Å²) >= 11 is 0. The Balaban J connectivity index is 0.000000318. The van der Waals surface area contributed by atoms with Gasteiger partial charge < -0.3 is 0 Å². The quantitative estimate of drug-likeness (QED) is 0.241. The molecule has 0 spiro atoms. The van der Waals surface area contributed by atoms with Crippen LogP contribution in [-0.4, -0.2) is 12.4 Å². The molecule has 1 fully saturated rings. The van der Waals surface area contributed by atoms with Crippen LogP contribution in [0.1, 0.15) is 25.7 Å². The van der Waals surface area contributed by atoms with E-state index < -0.39 is 36.0 Å². The maximum Gasteiger partial charge on any atom is 0.396 e. The summed E-state index contributed by atoms with van der Waals surface area (Å²) in [6.07, 6.45) is 9.20. The second kappa shape index (κ2) is 9.93. The van der Waals surface area contributed by atoms with Crippen molar-refractivity contribution in [3.63, 3.8) is 0 Å². The predicted octanol–water partition coefficient (Wildman–Crippen LogP) is 6.42. The normalized spacial score (nSPS) is 24.7. The van der Waals surface area contributed by atoms with Crippen LogP contribution < -0.4 is 0 Å². The van der Waals surface area contributed by atoms with Gasteiger partial charge in [-0.1, -0.05) is 48.6 Å². The summed E-state index contributed by atoms with van der Waals surface area (Å²) in [5.41, 5.74) is 0. The van der Waals surface area contributed by atoms with Gasteiger partial charge in [-0.2, -0.15) is 26.3 Å². The van der Waals surface area contributed by atoms with Crippen LogP contribution in [0.4, 0.5) is 26.3 Å². The van der Waals surface area contributed by atoms with Crippen molar-refractivity contribution in [2.24, 2.45) is 0 Å². The molecule has 0 amide bonds. The van der Waals surface area contributed by atoms with Crippen molar-refractivity contribution in [3.05, 3.63) is 78.7 Å². The molecule has 0 aliphatic heterocycles. The number of hydrogen-bond acceptors (Lipinski definition) is 0. The first-order valence-corrected chi connectivity index (χ1v) is 7.84. The minimum atomic E-state index is -4.79. The molecular formula is C19H17F6Ir. The van der Waals surface area contributed by atoms with Crippen LogP contribution in [0.5, 0.6) is 0 Å². The Hall–Kier alpha value is -0.811. The zero-order valence-corrected chi connectivity index (χ0v) is 16.0. The summed E-state index contributed by atoms with van der Waals surface area (Å²) in [5.74, 6) is -3.35. The number of allylic oxidation sites excluding steroid dienone is 8. The largest absolute Gasteiger partial charge is 0.396 e. The Morgan fingerprint density at radius 3 is 1.15 bits per heavy atom. The first-order valence-electron chi connectivity index (χ1n) is 7.84. The van der Waals surface area contributed by atoms with Crippen molar-refractivity contribution in [2.75, 3.05) is 0 Å². The van der Waals surface area contributed by atoms with Crippen molar-refractivity contribution in [3.8, 4) is 0 Å². The molecule has 7 heteroatoms. The van der Waals surface area contributed by atoms with Gasteiger partial charge in [0.05, 0.1) is 11.8 Å². The molecule has 0 bridgehead atoms. The summed E-state index contributed by atoms with van der Waals surface area (Å²) < 4.78 is 75.3. The number of fused-ring (bicyclic) bond motifs is 1. The number of alkyl halides is 6. The summed E-state index contributed by atoms with van der Waals surface area (Å²) in [6, 6.07) is 0. The van der Waals surface area contributed by atoms with Gasteiger partial charge in [-0.3, -0.25) is 0 Å². The minimum absolute atomic E-state index is 0. The molecule has 1 saturated carbocycles. The standard InChI is InChI=1S/C11H5F6.C8H12.Ir/c12-10(13,14)8-5-9(11(15,16)17)7-4-2-1-3-6(7)8;1-2-4-6-8-7-5-3-1;/h1-5H;1-2,7-8H,3-6H2;/b;2-1-,8-7-;. The smallest absolute Gasteiger partial charge is 0.170 e. The zero-order chi connectivity index (χ0) is 18.5. The molecular weight excluding hydrogens is 534 g/mol. The third-order valence-corrected chi connectivity index (χ3v) is 3.74. The van der Waals surface area contributed by atoms with Crippen LogP contribution in [0.25, 0.3) is 0 Å². The molecule has 0 heterocycles. The van der Waals surface area contributed by atoms with Gasteiger partial charge in [0.25, 0.3) is 0 Å². The fourth-order valence-electron chi connectivity index (χ4n) is 2.58. The van der Waals surface area contributed by atoms with E-state index in [0.29, 0.717) is 0 Å². The van der Waals surface area contributed by atoms with Crippen LogP contribution in [0.15, 0.2) is 48.6 Å². The van der Waals surface area contributed by atoms with E-state index in [0.717, 1.165) is 12.2 Å². The van der Waals surface area contributed by atoms with Crippen LogP contribution in [0.3, 0.4) is 0 Å². The van der Waals surface area contributed by atoms with Gasteiger partial charge in [-0.05, 0) is 32.1 Å². The Morgan fingerprint density at radius 1 is 0.577 bits per heavy atom. The van der Waals surface area contributed by atoms with E-state index >= 15 is 0 Å². The van der Waals surface area contributed by atoms with E-state index in [4.69, 9.17) is 0 Å². The number of halogens is 6. The first-order chi connectivity index (χ1) is 11.7. The molecule has 0 aromatic heterocycles. The van der Waals surface area contributed by atoms with Gasteiger partial charge >= 0.3 is 12.4 Å². The number of hydrogen-bond donors (Lipinski definition) is 0. The van der Waals surface area contributed by atoms with Crippen molar-refractivity contribution >= 4 is 0 Å². The molecule has 26 heavy (non-hydrogen) atoms. The average molecular weight is 552 g/mol. The summed E-state index contributed by atoms with van der Waals surface area (Å²) in [6.45, 7) is 0. The second-order valence-electron chi connectivity index (χ2n) is 5.61. The van der Waals surface area contributed by atoms with E-state index in [9.17, 15) is 26.3 Å². The van der Waals surface area contributed by atoms with E-state index in [1.165, 1.54) is 37.8 Å². The maximum atomic E-state index is 12.6. The van der Waals surface area contributed by atoms with Gasteiger partial charge in [0.1, 0.15) is 0 Å². The van der Waals surface area contributed by atoms with Crippen molar-refractivity contribution < 1.29 is 46.4 Å². The van der Waals surface area contributed by atoms with Crippen molar-refractivity contribution in [2.45, 2.75) is 38.0 Å². The molecule has 0 nitrogen and oxygen atoms in total. The summed E-state index contributed by atoms with van der Waals surface area (Å²) in [7, 11) is 0. The SMILES string of the molecule is C1=C\CC/C=C\CC/1.FC(F)(F)[C]1[CH][C](C(F)(F)F)[C]2C=CC=C[C]21.[Ir]. The van der Waals surface area contributed by atoms with Crippen LogP contribution in [0.2, 0.25) is 0 Å². The Labute approximate surface area is 163 Å². The first kappa shape index (κ1) is 23.2. The van der Waals surface area contributed by atoms with Crippen LogP contribution in [-0.2, 0) is 20.1 Å². The van der Waals surface area contributed by atoms with E-state index in [-0.39, 0.29) is 26.5 Å². The molecule has 6 radical (unpaired) electrons. The molecule has 0 saturated heterocycles. The van der Waals surface area contributed by atoms with Crippen LogP contribution in [0, 0.1) is 30.1 Å². The summed E-state index contributed by atoms with van der Waals surface area (Å²) in [4.78, 5) is 0. The van der Waals surface area contributed by atoms with E-state index in [1.807, 2.05) is 0 Å². The third kappa shape index (κ3) is 6.41. The molecule has 144 valence electrons. The molecule has 0 unspecified atom stereocenters.